The van der Waals surface area contributed by atoms with Crippen LogP contribution in [0.15, 0.2) is 38.3 Å². The summed E-state index contributed by atoms with van der Waals surface area (Å²) in [6, 6.07) is 8.47. The number of rotatable bonds is 7. The van der Waals surface area contributed by atoms with Crippen LogP contribution in [0.1, 0.15) is 49.9 Å². The van der Waals surface area contributed by atoms with Crippen LogP contribution in [0.3, 0.4) is 0 Å². The molecule has 1 aliphatic carbocycles. The molecule has 1 fully saturated rings. The molecule has 27 heavy (non-hydrogen) atoms. The normalized spacial score (nSPS) is 15.4. The molecule has 0 bridgehead atoms. The molecule has 1 heterocycles. The van der Waals surface area contributed by atoms with Gasteiger partial charge in [0.05, 0.1) is 0 Å². The molecular weight excluding hydrogens is 521 g/mol. The maximum atomic E-state index is 5.27. The zero-order valence-electron chi connectivity index (χ0n) is 16.0. The van der Waals surface area contributed by atoms with Gasteiger partial charge in [0.15, 0.2) is 11.8 Å². The highest BCUT2D eigenvalue weighted by Crippen LogP contribution is 2.49. The predicted molar refractivity (Wildman–Crippen MR) is 122 cm³/mol. The summed E-state index contributed by atoms with van der Waals surface area (Å²) >= 11 is 3.68. The largest absolute Gasteiger partial charge is 0.356 e. The highest BCUT2D eigenvalue weighted by molar-refractivity contribution is 14.0. The third kappa shape index (κ3) is 5.66. The Morgan fingerprint density at radius 3 is 2.63 bits per heavy atom. The lowest BCUT2D eigenvalue weighted by Crippen LogP contribution is -2.42. The van der Waals surface area contributed by atoms with Crippen molar-refractivity contribution in [3.63, 3.8) is 0 Å². The van der Waals surface area contributed by atoms with E-state index in [0.29, 0.717) is 18.9 Å². The summed E-state index contributed by atoms with van der Waals surface area (Å²) in [6.07, 6.45) is 3.06. The van der Waals surface area contributed by atoms with Crippen molar-refractivity contribution in [3.05, 3.63) is 46.0 Å². The van der Waals surface area contributed by atoms with Gasteiger partial charge in [-0.05, 0) is 24.5 Å². The fourth-order valence-corrected chi connectivity index (χ4v) is 3.65. The molecule has 0 saturated heterocycles. The Kier molecular flexibility index (Phi) is 8.08. The van der Waals surface area contributed by atoms with Gasteiger partial charge in [-0.2, -0.15) is 4.98 Å². The molecule has 0 unspecified atom stereocenters. The number of nitrogens with zero attached hydrogens (tertiary/aromatic N) is 3. The van der Waals surface area contributed by atoms with Gasteiger partial charge in [-0.25, -0.2) is 0 Å². The monoisotopic (exact) mass is 547 g/mol. The molecule has 0 radical (unpaired) electrons. The zero-order chi connectivity index (χ0) is 18.6. The number of aromatic nitrogens is 2. The highest BCUT2D eigenvalue weighted by Gasteiger charge is 2.45. The second kappa shape index (κ2) is 9.86. The van der Waals surface area contributed by atoms with Gasteiger partial charge >= 0.3 is 0 Å². The van der Waals surface area contributed by atoms with Crippen LogP contribution < -0.4 is 10.6 Å². The van der Waals surface area contributed by atoms with E-state index < -0.39 is 0 Å². The van der Waals surface area contributed by atoms with Crippen molar-refractivity contribution >= 4 is 45.9 Å². The standard InChI is InChI=1S/C19H26BrN5O.HI/c1-13(2)17-24-16(26-25-17)8-11-22-18(21-3)23-12-19(9-10-19)14-6-4-5-7-15(14)20;/h4-7,13H,8-12H2,1-3H3,(H2,21,22,23);1H. The summed E-state index contributed by atoms with van der Waals surface area (Å²) in [5.74, 6) is 2.49. The molecule has 3 rings (SSSR count). The molecule has 8 heteroatoms. The van der Waals surface area contributed by atoms with Crippen LogP contribution in [0.5, 0.6) is 0 Å². The maximum absolute atomic E-state index is 5.27. The smallest absolute Gasteiger partial charge is 0.228 e. The Labute approximate surface area is 186 Å². The van der Waals surface area contributed by atoms with Gasteiger partial charge in [0.1, 0.15) is 0 Å². The number of nitrogens with one attached hydrogen (secondary N) is 2. The van der Waals surface area contributed by atoms with Gasteiger partial charge in [-0.1, -0.05) is 53.1 Å². The van der Waals surface area contributed by atoms with Gasteiger partial charge in [-0.15, -0.1) is 24.0 Å². The van der Waals surface area contributed by atoms with Crippen molar-refractivity contribution in [1.29, 1.82) is 0 Å². The first-order valence-electron chi connectivity index (χ1n) is 9.06. The Morgan fingerprint density at radius 1 is 1.30 bits per heavy atom. The van der Waals surface area contributed by atoms with Crippen molar-refractivity contribution in [1.82, 2.24) is 20.8 Å². The zero-order valence-corrected chi connectivity index (χ0v) is 19.9. The second-order valence-electron chi connectivity index (χ2n) is 7.06. The molecule has 0 aliphatic heterocycles. The number of hydrogen-bond acceptors (Lipinski definition) is 4. The van der Waals surface area contributed by atoms with Crippen molar-refractivity contribution in [2.45, 2.75) is 44.4 Å². The van der Waals surface area contributed by atoms with Crippen LogP contribution in [0.25, 0.3) is 0 Å². The molecule has 148 valence electrons. The first kappa shape index (κ1) is 22.1. The van der Waals surface area contributed by atoms with Crippen molar-refractivity contribution in [2.75, 3.05) is 20.1 Å². The van der Waals surface area contributed by atoms with Crippen molar-refractivity contribution in [3.8, 4) is 0 Å². The SMILES string of the molecule is CN=C(NCCc1nc(C(C)C)no1)NCC1(c2ccccc2Br)CC1.I. The van der Waals surface area contributed by atoms with Gasteiger partial charge < -0.3 is 15.2 Å². The second-order valence-corrected chi connectivity index (χ2v) is 7.92. The first-order valence-corrected chi connectivity index (χ1v) is 9.85. The van der Waals surface area contributed by atoms with E-state index in [1.165, 1.54) is 22.9 Å². The predicted octanol–water partition coefficient (Wildman–Crippen LogP) is 4.01. The van der Waals surface area contributed by atoms with Gasteiger partial charge in [0.2, 0.25) is 5.89 Å². The minimum absolute atomic E-state index is 0. The molecule has 1 saturated carbocycles. The van der Waals surface area contributed by atoms with E-state index in [9.17, 15) is 0 Å². The molecule has 6 nitrogen and oxygen atoms in total. The van der Waals surface area contributed by atoms with Crippen LogP contribution in [-0.4, -0.2) is 36.2 Å². The molecule has 0 atom stereocenters. The van der Waals surface area contributed by atoms with E-state index in [1.54, 1.807) is 7.05 Å². The summed E-state index contributed by atoms with van der Waals surface area (Å²) < 4.78 is 6.45. The summed E-state index contributed by atoms with van der Waals surface area (Å²) in [4.78, 5) is 8.71. The van der Waals surface area contributed by atoms with Crippen LogP contribution >= 0.6 is 39.9 Å². The molecular formula is C19H27BrIN5O. The average molecular weight is 548 g/mol. The lowest BCUT2D eigenvalue weighted by Gasteiger charge is -2.20. The van der Waals surface area contributed by atoms with Crippen LogP contribution in [0, 0.1) is 0 Å². The summed E-state index contributed by atoms with van der Waals surface area (Å²) in [5.41, 5.74) is 1.58. The molecule has 1 aliphatic rings. The van der Waals surface area contributed by atoms with Crippen molar-refractivity contribution in [2.24, 2.45) is 4.99 Å². The van der Waals surface area contributed by atoms with E-state index in [1.807, 2.05) is 0 Å². The first-order chi connectivity index (χ1) is 12.5. The third-order valence-corrected chi connectivity index (χ3v) is 5.44. The lowest BCUT2D eigenvalue weighted by molar-refractivity contribution is 0.371. The average Bonchev–Trinajstić information content (AvgIpc) is 3.26. The van der Waals surface area contributed by atoms with E-state index in [0.717, 1.165) is 18.3 Å². The Morgan fingerprint density at radius 2 is 2.04 bits per heavy atom. The molecule has 1 aromatic carbocycles. The fourth-order valence-electron chi connectivity index (χ4n) is 2.95. The van der Waals surface area contributed by atoms with E-state index in [2.05, 4.69) is 79.8 Å². The molecule has 0 amide bonds. The van der Waals surface area contributed by atoms with Gasteiger partial charge in [-0.3, -0.25) is 4.99 Å². The minimum atomic E-state index is 0. The molecule has 0 spiro atoms. The Hall–Kier alpha value is -1.16. The number of aliphatic imine (C=N–C) groups is 1. The Bertz CT molecular complexity index is 773. The highest BCUT2D eigenvalue weighted by atomic mass is 127. The van der Waals surface area contributed by atoms with Crippen LogP contribution in [0.4, 0.5) is 0 Å². The number of halogens is 2. The number of benzene rings is 1. The fraction of sp³-hybridized carbons (Fsp3) is 0.526. The quantitative estimate of drug-likeness (QED) is 0.311. The minimum Gasteiger partial charge on any atom is -0.356 e. The summed E-state index contributed by atoms with van der Waals surface area (Å²) in [7, 11) is 1.79. The summed E-state index contributed by atoms with van der Waals surface area (Å²) in [5, 5.41) is 10.8. The maximum Gasteiger partial charge on any atom is 0.228 e. The molecule has 2 N–H and O–H groups in total. The van der Waals surface area contributed by atoms with Crippen LogP contribution in [-0.2, 0) is 11.8 Å². The van der Waals surface area contributed by atoms with Crippen LogP contribution in [0.2, 0.25) is 0 Å². The van der Waals surface area contributed by atoms with E-state index in [4.69, 9.17) is 4.52 Å². The number of hydrogen-bond donors (Lipinski definition) is 2. The lowest BCUT2D eigenvalue weighted by atomic mass is 9.96. The Balaban J connectivity index is 0.00000261. The molecule has 2 aromatic rings. The topological polar surface area (TPSA) is 75.3 Å². The van der Waals surface area contributed by atoms with Gasteiger partial charge in [0.25, 0.3) is 0 Å². The number of guanidine groups is 1. The molecule has 1 aromatic heterocycles. The summed E-state index contributed by atoms with van der Waals surface area (Å²) in [6.45, 7) is 5.67. The third-order valence-electron chi connectivity index (χ3n) is 4.75. The van der Waals surface area contributed by atoms with Crippen molar-refractivity contribution < 1.29 is 4.52 Å². The van der Waals surface area contributed by atoms with Gasteiger partial charge in [0, 0.05) is 42.4 Å². The van der Waals surface area contributed by atoms with E-state index >= 15 is 0 Å². The van der Waals surface area contributed by atoms with E-state index in [-0.39, 0.29) is 35.3 Å².